The molecule has 1 aromatic carbocycles. The topological polar surface area (TPSA) is 52.2 Å². The Morgan fingerprint density at radius 2 is 2.00 bits per heavy atom. The van der Waals surface area contributed by atoms with Crippen molar-refractivity contribution in [1.29, 1.82) is 0 Å². The van der Waals surface area contributed by atoms with Crippen molar-refractivity contribution in [1.82, 2.24) is 4.57 Å². The first kappa shape index (κ1) is 11.0. The number of nitrogens with zero attached hydrogens (tertiary/aromatic N) is 1. The number of rotatable bonds is 2. The lowest BCUT2D eigenvalue weighted by Gasteiger charge is -2.13. The highest BCUT2D eigenvalue weighted by atomic mass is 32.2. The quantitative estimate of drug-likeness (QED) is 0.799. The van der Waals surface area contributed by atoms with E-state index in [0.29, 0.717) is 10.9 Å². The molecule has 0 fully saturated rings. The van der Waals surface area contributed by atoms with Gasteiger partial charge >= 0.3 is 11.4 Å². The molecule has 0 N–H and O–H groups in total. The Morgan fingerprint density at radius 3 is 2.69 bits per heavy atom. The fraction of sp³-hybridized carbons (Fsp3) is 0.273. The summed E-state index contributed by atoms with van der Waals surface area (Å²) < 4.78 is 6.17. The number of hydrogen-bond acceptors (Lipinski definition) is 4. The van der Waals surface area contributed by atoms with Crippen molar-refractivity contribution in [2.24, 2.45) is 0 Å². The molecule has 0 amide bonds. The summed E-state index contributed by atoms with van der Waals surface area (Å²) in [7, 11) is 0. The highest BCUT2D eigenvalue weighted by molar-refractivity contribution is 7.98. The molecule has 0 aliphatic carbocycles. The maximum Gasteiger partial charge on any atom is 0.423 e. The van der Waals surface area contributed by atoms with Crippen molar-refractivity contribution in [3.05, 3.63) is 45.2 Å². The second kappa shape index (κ2) is 4.17. The van der Waals surface area contributed by atoms with Gasteiger partial charge in [0.15, 0.2) is 0 Å². The molecule has 4 nitrogen and oxygen atoms in total. The Morgan fingerprint density at radius 1 is 1.31 bits per heavy atom. The molecule has 0 radical (unpaired) electrons. The third-order valence-corrected chi connectivity index (χ3v) is 3.36. The van der Waals surface area contributed by atoms with Gasteiger partial charge < -0.3 is 4.42 Å². The zero-order chi connectivity index (χ0) is 11.7. The Kier molecular flexibility index (Phi) is 2.87. The van der Waals surface area contributed by atoms with Gasteiger partial charge in [0.1, 0.15) is 0 Å². The first-order chi connectivity index (χ1) is 7.65. The fourth-order valence-electron chi connectivity index (χ4n) is 1.59. The van der Waals surface area contributed by atoms with Gasteiger partial charge in [0.05, 0.1) is 16.3 Å². The van der Waals surface area contributed by atoms with Crippen LogP contribution in [0.2, 0.25) is 0 Å². The van der Waals surface area contributed by atoms with Gasteiger partial charge in [0, 0.05) is 0 Å². The first-order valence-electron chi connectivity index (χ1n) is 4.82. The third kappa shape index (κ3) is 1.67. The second-order valence-corrected chi connectivity index (χ2v) is 4.53. The van der Waals surface area contributed by atoms with Crippen LogP contribution in [0.15, 0.2) is 38.3 Å². The van der Waals surface area contributed by atoms with Crippen molar-refractivity contribution in [3.8, 4) is 0 Å². The molecule has 1 atom stereocenters. The molecule has 2 rings (SSSR count). The van der Waals surface area contributed by atoms with Gasteiger partial charge in [-0.1, -0.05) is 12.1 Å². The van der Waals surface area contributed by atoms with E-state index in [1.165, 1.54) is 16.3 Å². The average Bonchev–Trinajstić information content (AvgIpc) is 2.28. The zero-order valence-electron chi connectivity index (χ0n) is 8.97. The van der Waals surface area contributed by atoms with Crippen molar-refractivity contribution >= 4 is 22.7 Å². The number of hydrogen-bond donors (Lipinski definition) is 0. The van der Waals surface area contributed by atoms with Gasteiger partial charge in [-0.05, 0) is 25.3 Å². The van der Waals surface area contributed by atoms with E-state index in [0.717, 1.165) is 0 Å². The van der Waals surface area contributed by atoms with Crippen molar-refractivity contribution in [2.75, 3.05) is 6.26 Å². The average molecular weight is 237 g/mol. The van der Waals surface area contributed by atoms with Crippen molar-refractivity contribution in [2.45, 2.75) is 12.3 Å². The number of benzene rings is 1. The van der Waals surface area contributed by atoms with E-state index in [2.05, 4.69) is 4.42 Å². The summed E-state index contributed by atoms with van der Waals surface area (Å²) in [6.07, 6.45) is 1.90. The first-order valence-corrected chi connectivity index (χ1v) is 6.11. The van der Waals surface area contributed by atoms with Gasteiger partial charge in [-0.3, -0.25) is 4.57 Å². The third-order valence-electron chi connectivity index (χ3n) is 2.46. The Labute approximate surface area is 95.9 Å². The summed E-state index contributed by atoms with van der Waals surface area (Å²) in [5.74, 6) is -0.606. The molecular weight excluding hydrogens is 226 g/mol. The van der Waals surface area contributed by atoms with Crippen LogP contribution in [0, 0.1) is 0 Å². The molecule has 0 spiro atoms. The van der Waals surface area contributed by atoms with Gasteiger partial charge in [-0.15, -0.1) is 11.8 Å². The van der Waals surface area contributed by atoms with E-state index in [1.54, 1.807) is 24.3 Å². The van der Waals surface area contributed by atoms with Crippen molar-refractivity contribution in [3.63, 3.8) is 0 Å². The van der Waals surface area contributed by atoms with E-state index in [9.17, 15) is 9.59 Å². The van der Waals surface area contributed by atoms with E-state index < -0.39 is 11.4 Å². The highest BCUT2D eigenvalue weighted by Crippen LogP contribution is 2.20. The van der Waals surface area contributed by atoms with Gasteiger partial charge in [0.25, 0.3) is 0 Å². The van der Waals surface area contributed by atoms with Crippen LogP contribution in [-0.2, 0) is 0 Å². The van der Waals surface area contributed by atoms with Gasteiger partial charge in [-0.25, -0.2) is 9.59 Å². The molecule has 0 aliphatic rings. The lowest BCUT2D eigenvalue weighted by Crippen LogP contribution is -2.26. The molecule has 84 valence electrons. The Bertz CT molecular complexity index is 629. The van der Waals surface area contributed by atoms with Crippen LogP contribution in [0.1, 0.15) is 12.3 Å². The zero-order valence-corrected chi connectivity index (χ0v) is 9.78. The SMILES string of the molecule is CSC(C)n1c(=O)oc(=O)c2ccccc21. The number of para-hydroxylation sites is 1. The molecule has 2 aromatic rings. The minimum absolute atomic E-state index is 0.0678. The maximum absolute atomic E-state index is 11.6. The van der Waals surface area contributed by atoms with Crippen LogP contribution in [-0.4, -0.2) is 10.8 Å². The lowest BCUT2D eigenvalue weighted by molar-refractivity contribution is 0.419. The van der Waals surface area contributed by atoms with Crippen LogP contribution in [0.25, 0.3) is 10.9 Å². The fourth-order valence-corrected chi connectivity index (χ4v) is 2.00. The minimum Gasteiger partial charge on any atom is -0.372 e. The van der Waals surface area contributed by atoms with Gasteiger partial charge in [-0.2, -0.15) is 0 Å². The maximum atomic E-state index is 11.6. The molecule has 1 aromatic heterocycles. The van der Waals surface area contributed by atoms with E-state index >= 15 is 0 Å². The lowest BCUT2D eigenvalue weighted by atomic mass is 10.2. The molecule has 0 saturated carbocycles. The summed E-state index contributed by atoms with van der Waals surface area (Å²) >= 11 is 1.51. The smallest absolute Gasteiger partial charge is 0.372 e. The number of aromatic nitrogens is 1. The van der Waals surface area contributed by atoms with E-state index in [4.69, 9.17) is 0 Å². The van der Waals surface area contributed by atoms with Crippen LogP contribution < -0.4 is 11.4 Å². The monoisotopic (exact) mass is 237 g/mol. The normalized spacial score (nSPS) is 12.9. The molecule has 0 bridgehead atoms. The molecule has 0 saturated heterocycles. The molecular formula is C11H11NO3S. The predicted molar refractivity (Wildman–Crippen MR) is 65.0 cm³/mol. The number of fused-ring (bicyclic) bond motifs is 1. The molecule has 0 aliphatic heterocycles. The van der Waals surface area contributed by atoms with Crippen LogP contribution >= 0.6 is 11.8 Å². The van der Waals surface area contributed by atoms with Crippen LogP contribution in [0.3, 0.4) is 0 Å². The molecule has 1 unspecified atom stereocenters. The Hall–Kier alpha value is -1.49. The number of thioether (sulfide) groups is 1. The summed E-state index contributed by atoms with van der Waals surface area (Å²) in [6, 6.07) is 6.95. The standard InChI is InChI=1S/C11H11NO3S/c1-7(16-2)12-9-6-4-3-5-8(9)10(13)15-11(12)14/h3-7H,1-2H3. The summed E-state index contributed by atoms with van der Waals surface area (Å²) in [5.41, 5.74) is 0.0377. The van der Waals surface area contributed by atoms with Crippen LogP contribution in [0.4, 0.5) is 0 Å². The van der Waals surface area contributed by atoms with Gasteiger partial charge in [0.2, 0.25) is 0 Å². The minimum atomic E-state index is -0.606. The second-order valence-electron chi connectivity index (χ2n) is 3.38. The van der Waals surface area contributed by atoms with Crippen LogP contribution in [0.5, 0.6) is 0 Å². The summed E-state index contributed by atoms with van der Waals surface area (Å²) in [4.78, 5) is 23.1. The predicted octanol–water partition coefficient (Wildman–Crippen LogP) is 1.84. The van der Waals surface area contributed by atoms with Crippen molar-refractivity contribution < 1.29 is 4.42 Å². The molecule has 16 heavy (non-hydrogen) atoms. The largest absolute Gasteiger partial charge is 0.423 e. The Balaban J connectivity index is 2.92. The molecule has 1 heterocycles. The highest BCUT2D eigenvalue weighted by Gasteiger charge is 2.12. The summed E-state index contributed by atoms with van der Waals surface area (Å²) in [5, 5.41) is 0.366. The summed E-state index contributed by atoms with van der Waals surface area (Å²) in [6.45, 7) is 1.89. The van der Waals surface area contributed by atoms with E-state index in [-0.39, 0.29) is 5.37 Å². The molecule has 5 heteroatoms. The van der Waals surface area contributed by atoms with E-state index in [1.807, 2.05) is 13.2 Å².